The van der Waals surface area contributed by atoms with Gasteiger partial charge in [0.25, 0.3) is 0 Å². The highest BCUT2D eigenvalue weighted by atomic mass is 35.5. The molecule has 3 rings (SSSR count). The zero-order valence-electron chi connectivity index (χ0n) is 14.9. The van der Waals surface area contributed by atoms with E-state index in [0.717, 1.165) is 5.69 Å². The van der Waals surface area contributed by atoms with Crippen LogP contribution in [-0.2, 0) is 17.9 Å². The molecule has 10 heteroatoms. The number of hydrogen-bond donors (Lipinski definition) is 2. The zero-order chi connectivity index (χ0) is 20.3. The van der Waals surface area contributed by atoms with Crippen molar-refractivity contribution in [2.45, 2.75) is 26.4 Å². The Morgan fingerprint density at radius 2 is 2.07 bits per heavy atom. The summed E-state index contributed by atoms with van der Waals surface area (Å²) in [6.07, 6.45) is 1.38. The second kappa shape index (κ2) is 8.22. The van der Waals surface area contributed by atoms with Gasteiger partial charge >= 0.3 is 5.97 Å². The van der Waals surface area contributed by atoms with Crippen LogP contribution in [0.15, 0.2) is 36.5 Å². The normalized spacial score (nSPS) is 10.8. The van der Waals surface area contributed by atoms with E-state index in [1.807, 2.05) is 0 Å². The van der Waals surface area contributed by atoms with Gasteiger partial charge in [0.2, 0.25) is 5.91 Å². The molecule has 2 aromatic heterocycles. The minimum atomic E-state index is -1.11. The van der Waals surface area contributed by atoms with Crippen LogP contribution in [0.4, 0.5) is 10.2 Å². The smallest absolute Gasteiger partial charge is 0.354 e. The lowest BCUT2D eigenvalue weighted by molar-refractivity contribution is -0.116. The van der Waals surface area contributed by atoms with Crippen molar-refractivity contribution in [2.75, 3.05) is 5.32 Å². The van der Waals surface area contributed by atoms with Crippen LogP contribution in [0.5, 0.6) is 0 Å². The Bertz CT molecular complexity index is 1010. The first kappa shape index (κ1) is 19.6. The summed E-state index contributed by atoms with van der Waals surface area (Å²) in [4.78, 5) is 23.2. The molecule has 0 aliphatic heterocycles. The number of hydrogen-bond acceptors (Lipinski definition) is 4. The average Bonchev–Trinajstić information content (AvgIpc) is 3.23. The number of aromatic carboxylic acids is 1. The third kappa shape index (κ3) is 4.37. The number of carboxylic acids is 1. The number of benzene rings is 1. The van der Waals surface area contributed by atoms with E-state index in [1.165, 1.54) is 33.8 Å². The largest absolute Gasteiger partial charge is 0.477 e. The zero-order valence-corrected chi connectivity index (χ0v) is 15.6. The molecule has 0 aliphatic rings. The van der Waals surface area contributed by atoms with E-state index in [-0.39, 0.29) is 31.1 Å². The quantitative estimate of drug-likeness (QED) is 0.629. The molecule has 0 fully saturated rings. The Kier molecular flexibility index (Phi) is 5.74. The van der Waals surface area contributed by atoms with Gasteiger partial charge in [0.1, 0.15) is 11.5 Å². The molecule has 1 aromatic carbocycles. The first-order valence-electron chi connectivity index (χ1n) is 8.37. The topological polar surface area (TPSA) is 102 Å². The van der Waals surface area contributed by atoms with Gasteiger partial charge < -0.3 is 10.4 Å². The first-order chi connectivity index (χ1) is 13.3. The van der Waals surface area contributed by atoms with Crippen LogP contribution in [0, 0.1) is 12.7 Å². The van der Waals surface area contributed by atoms with Gasteiger partial charge in [-0.05, 0) is 25.1 Å². The summed E-state index contributed by atoms with van der Waals surface area (Å²) in [7, 11) is 0. The van der Waals surface area contributed by atoms with Crippen molar-refractivity contribution >= 4 is 29.3 Å². The second-order valence-corrected chi connectivity index (χ2v) is 6.48. The molecule has 0 radical (unpaired) electrons. The number of carboxylic acid groups (broad SMARTS) is 1. The van der Waals surface area contributed by atoms with Gasteiger partial charge in [0.05, 0.1) is 13.1 Å². The summed E-state index contributed by atoms with van der Waals surface area (Å²) in [6, 6.07) is 7.46. The Labute approximate surface area is 164 Å². The number of carbonyl (C=O) groups excluding carboxylic acids is 1. The third-order valence-electron chi connectivity index (χ3n) is 4.10. The summed E-state index contributed by atoms with van der Waals surface area (Å²) < 4.78 is 16.7. The van der Waals surface area contributed by atoms with Crippen LogP contribution in [0.25, 0.3) is 0 Å². The number of aromatic nitrogens is 4. The van der Waals surface area contributed by atoms with Gasteiger partial charge in [0.15, 0.2) is 5.82 Å². The van der Waals surface area contributed by atoms with Crippen molar-refractivity contribution in [2.24, 2.45) is 0 Å². The maximum Gasteiger partial charge on any atom is 0.354 e. The molecule has 8 nitrogen and oxygen atoms in total. The minimum absolute atomic E-state index is 0.00897. The van der Waals surface area contributed by atoms with E-state index in [4.69, 9.17) is 16.7 Å². The number of carbonyl (C=O) groups is 2. The van der Waals surface area contributed by atoms with Gasteiger partial charge in [-0.3, -0.25) is 14.2 Å². The lowest BCUT2D eigenvalue weighted by Gasteiger charge is -2.08. The van der Waals surface area contributed by atoms with Crippen LogP contribution in [-0.4, -0.2) is 36.5 Å². The van der Waals surface area contributed by atoms with Crippen LogP contribution in [0.3, 0.4) is 0 Å². The van der Waals surface area contributed by atoms with Crippen molar-refractivity contribution in [1.82, 2.24) is 19.6 Å². The molecule has 0 saturated heterocycles. The van der Waals surface area contributed by atoms with E-state index >= 15 is 0 Å². The molecule has 2 heterocycles. The lowest BCUT2D eigenvalue weighted by atomic mass is 10.2. The van der Waals surface area contributed by atoms with Crippen molar-refractivity contribution in [1.29, 1.82) is 0 Å². The Morgan fingerprint density at radius 1 is 1.29 bits per heavy atom. The van der Waals surface area contributed by atoms with Crippen molar-refractivity contribution in [3.05, 3.63) is 64.3 Å². The van der Waals surface area contributed by atoms with E-state index in [9.17, 15) is 14.0 Å². The number of rotatable bonds is 7. The third-order valence-corrected chi connectivity index (χ3v) is 4.46. The number of nitrogens with one attached hydrogen (secondary N) is 1. The molecule has 28 heavy (non-hydrogen) atoms. The highest BCUT2D eigenvalue weighted by Gasteiger charge is 2.14. The van der Waals surface area contributed by atoms with Gasteiger partial charge in [-0.1, -0.05) is 17.7 Å². The summed E-state index contributed by atoms with van der Waals surface area (Å²) in [5, 5.41) is 20.1. The summed E-state index contributed by atoms with van der Waals surface area (Å²) in [5.41, 5.74) is 1.04. The lowest BCUT2D eigenvalue weighted by Crippen LogP contribution is -2.18. The predicted molar refractivity (Wildman–Crippen MR) is 99.9 cm³/mol. The molecule has 0 atom stereocenters. The average molecular weight is 406 g/mol. The van der Waals surface area contributed by atoms with Crippen LogP contribution in [0.2, 0.25) is 5.02 Å². The summed E-state index contributed by atoms with van der Waals surface area (Å²) in [6.45, 7) is 2.02. The highest BCUT2D eigenvalue weighted by Crippen LogP contribution is 2.21. The summed E-state index contributed by atoms with van der Waals surface area (Å²) >= 11 is 6.05. The molecule has 146 valence electrons. The highest BCUT2D eigenvalue weighted by molar-refractivity contribution is 6.31. The second-order valence-electron chi connectivity index (χ2n) is 6.07. The van der Waals surface area contributed by atoms with Crippen LogP contribution in [0.1, 0.15) is 28.2 Å². The number of aryl methyl sites for hydroxylation is 2. The molecule has 0 aliphatic carbocycles. The fourth-order valence-electron chi connectivity index (χ4n) is 2.67. The van der Waals surface area contributed by atoms with Gasteiger partial charge in [-0.2, -0.15) is 10.2 Å². The standard InChI is InChI=1S/C18H17ClFN5O3/c1-11-9-16(23-25(11)10-12-13(19)3-2-4-14(12)20)22-17(26)6-8-24-15(18(27)28)5-7-21-24/h2-5,7,9H,6,8,10H2,1H3,(H,27,28)(H,22,23,26). The van der Waals surface area contributed by atoms with Crippen molar-refractivity contribution in [3.8, 4) is 0 Å². The van der Waals surface area contributed by atoms with E-state index in [2.05, 4.69) is 15.5 Å². The molecule has 0 bridgehead atoms. The molecular formula is C18H17ClFN5O3. The van der Waals surface area contributed by atoms with E-state index < -0.39 is 11.8 Å². The molecule has 2 N–H and O–H groups in total. The molecule has 0 spiro atoms. The SMILES string of the molecule is Cc1cc(NC(=O)CCn2nccc2C(=O)O)nn1Cc1c(F)cccc1Cl. The number of nitrogens with zero attached hydrogens (tertiary/aromatic N) is 4. The maximum absolute atomic E-state index is 14.0. The van der Waals surface area contributed by atoms with Gasteiger partial charge in [-0.25, -0.2) is 9.18 Å². The van der Waals surface area contributed by atoms with E-state index in [1.54, 1.807) is 19.1 Å². The maximum atomic E-state index is 14.0. The monoisotopic (exact) mass is 405 g/mol. The molecular weight excluding hydrogens is 389 g/mol. The molecule has 3 aromatic rings. The molecule has 0 saturated carbocycles. The minimum Gasteiger partial charge on any atom is -0.477 e. The van der Waals surface area contributed by atoms with Crippen LogP contribution < -0.4 is 5.32 Å². The number of amides is 1. The Hall–Kier alpha value is -3.20. The van der Waals surface area contributed by atoms with Gasteiger partial charge in [0, 0.05) is 35.0 Å². The Balaban J connectivity index is 1.64. The molecule has 1 amide bonds. The summed E-state index contributed by atoms with van der Waals surface area (Å²) in [5.74, 6) is -1.57. The first-order valence-corrected chi connectivity index (χ1v) is 8.75. The molecule has 0 unspecified atom stereocenters. The van der Waals surface area contributed by atoms with Crippen LogP contribution >= 0.6 is 11.6 Å². The van der Waals surface area contributed by atoms with Crippen molar-refractivity contribution in [3.63, 3.8) is 0 Å². The predicted octanol–water partition coefficient (Wildman–Crippen LogP) is 2.96. The number of halogens is 2. The fraction of sp³-hybridized carbons (Fsp3) is 0.222. The van der Waals surface area contributed by atoms with Crippen molar-refractivity contribution < 1.29 is 19.1 Å². The number of anilines is 1. The fourth-order valence-corrected chi connectivity index (χ4v) is 2.89. The Morgan fingerprint density at radius 3 is 2.79 bits per heavy atom. The van der Waals surface area contributed by atoms with Gasteiger partial charge in [-0.15, -0.1) is 0 Å². The van der Waals surface area contributed by atoms with E-state index in [0.29, 0.717) is 16.4 Å².